The second-order valence-corrected chi connectivity index (χ2v) is 7.25. The van der Waals surface area contributed by atoms with E-state index in [1.807, 2.05) is 29.2 Å². The molecule has 0 aliphatic carbocycles. The molecule has 1 saturated heterocycles. The molecule has 1 aromatic carbocycles. The highest BCUT2D eigenvalue weighted by molar-refractivity contribution is 8.01. The first kappa shape index (κ1) is 15.8. The van der Waals surface area contributed by atoms with E-state index in [4.69, 9.17) is 10.5 Å². The smallest absolute Gasteiger partial charge is 0.151 e. The van der Waals surface area contributed by atoms with Crippen molar-refractivity contribution in [2.75, 3.05) is 31.6 Å². The van der Waals surface area contributed by atoms with Crippen molar-refractivity contribution >= 4 is 23.3 Å². The van der Waals surface area contributed by atoms with E-state index in [1.165, 1.54) is 11.8 Å². The van der Waals surface area contributed by atoms with Gasteiger partial charge >= 0.3 is 0 Å². The zero-order valence-electron chi connectivity index (χ0n) is 13.4. The third-order valence-electron chi connectivity index (χ3n) is 4.58. The Hall–Kier alpha value is -2.68. The van der Waals surface area contributed by atoms with Crippen LogP contribution in [-0.2, 0) is 4.74 Å². The van der Waals surface area contributed by atoms with Crippen molar-refractivity contribution in [1.29, 1.82) is 10.5 Å². The van der Waals surface area contributed by atoms with Crippen molar-refractivity contribution in [3.05, 3.63) is 35.7 Å². The minimum atomic E-state index is -0.952. The number of rotatable bonds is 0. The minimum Gasteiger partial charge on any atom is -0.383 e. The van der Waals surface area contributed by atoms with Crippen LogP contribution in [0.5, 0.6) is 0 Å². The number of ether oxygens (including phenoxy) is 1. The van der Waals surface area contributed by atoms with Crippen LogP contribution in [0.1, 0.15) is 0 Å². The van der Waals surface area contributed by atoms with E-state index >= 15 is 0 Å². The number of nitrogens with one attached hydrogen (secondary N) is 1. The van der Waals surface area contributed by atoms with Crippen molar-refractivity contribution in [3.63, 3.8) is 0 Å². The Bertz CT molecular complexity index is 834. The summed E-state index contributed by atoms with van der Waals surface area (Å²) in [5, 5.41) is 23.1. The number of fused-ring (bicyclic) bond motifs is 1. The van der Waals surface area contributed by atoms with Gasteiger partial charge in [-0.1, -0.05) is 23.9 Å². The lowest BCUT2D eigenvalue weighted by atomic mass is 9.89. The number of nitrogens with zero attached hydrogens (tertiary/aromatic N) is 4. The quantitative estimate of drug-likeness (QED) is 0.727. The molecule has 8 heteroatoms. The van der Waals surface area contributed by atoms with E-state index < -0.39 is 10.8 Å². The lowest BCUT2D eigenvalue weighted by Crippen LogP contribution is -2.55. The van der Waals surface area contributed by atoms with E-state index in [-0.39, 0.29) is 5.82 Å². The summed E-state index contributed by atoms with van der Waals surface area (Å²) in [4.78, 5) is 6.51. The summed E-state index contributed by atoms with van der Waals surface area (Å²) in [6.45, 7) is 2.47. The molecular weight excluding hydrogens is 336 g/mol. The number of morpholine rings is 1. The van der Waals surface area contributed by atoms with Gasteiger partial charge in [-0.2, -0.15) is 10.5 Å². The third kappa shape index (κ3) is 2.34. The fraction of sp³-hybridized carbons (Fsp3) is 0.353. The van der Waals surface area contributed by atoms with Gasteiger partial charge in [0, 0.05) is 23.7 Å². The van der Waals surface area contributed by atoms with Crippen LogP contribution in [0.3, 0.4) is 0 Å². The number of benzene rings is 1. The average Bonchev–Trinajstić information content (AvgIpc) is 3.01. The molecule has 0 saturated carbocycles. The van der Waals surface area contributed by atoms with Crippen molar-refractivity contribution < 1.29 is 4.74 Å². The lowest BCUT2D eigenvalue weighted by Gasteiger charge is -2.41. The van der Waals surface area contributed by atoms with Crippen LogP contribution in [0, 0.1) is 28.6 Å². The fourth-order valence-electron chi connectivity index (χ4n) is 3.40. The van der Waals surface area contributed by atoms with Crippen molar-refractivity contribution in [3.8, 4) is 12.1 Å². The molecule has 2 atom stereocenters. The number of para-hydroxylation sites is 1. The van der Waals surface area contributed by atoms with E-state index in [1.54, 1.807) is 0 Å². The molecule has 1 fully saturated rings. The Labute approximate surface area is 149 Å². The molecule has 25 heavy (non-hydrogen) atoms. The van der Waals surface area contributed by atoms with E-state index in [0.29, 0.717) is 37.7 Å². The van der Waals surface area contributed by atoms with Gasteiger partial charge in [-0.15, -0.1) is 0 Å². The SMILES string of the molecule is N#CC1=C(N)N=C(N2CCOCC2)C(C#N)C12Nc1ccccc1S2. The van der Waals surface area contributed by atoms with Crippen molar-refractivity contribution in [2.24, 2.45) is 16.6 Å². The molecule has 1 spiro atoms. The predicted molar refractivity (Wildman–Crippen MR) is 94.4 cm³/mol. The van der Waals surface area contributed by atoms with Gasteiger partial charge in [-0.3, -0.25) is 0 Å². The summed E-state index contributed by atoms with van der Waals surface area (Å²) in [7, 11) is 0. The zero-order chi connectivity index (χ0) is 17.4. The Balaban J connectivity index is 1.83. The molecule has 3 aliphatic rings. The van der Waals surface area contributed by atoms with Crippen LogP contribution in [0.15, 0.2) is 45.5 Å². The minimum absolute atomic E-state index is 0.170. The maximum atomic E-state index is 9.98. The molecule has 126 valence electrons. The van der Waals surface area contributed by atoms with Gasteiger partial charge in [0.15, 0.2) is 4.87 Å². The first-order chi connectivity index (χ1) is 12.2. The molecule has 0 amide bonds. The van der Waals surface area contributed by atoms with Gasteiger partial charge < -0.3 is 20.7 Å². The highest BCUT2D eigenvalue weighted by atomic mass is 32.2. The number of aliphatic imine (C=N–C) groups is 1. The molecule has 0 aromatic heterocycles. The Morgan fingerprint density at radius 1 is 1.32 bits per heavy atom. The van der Waals surface area contributed by atoms with Gasteiger partial charge in [0.25, 0.3) is 0 Å². The molecule has 3 N–H and O–H groups in total. The topological polar surface area (TPSA) is 110 Å². The lowest BCUT2D eigenvalue weighted by molar-refractivity contribution is 0.0661. The number of amidine groups is 1. The van der Waals surface area contributed by atoms with Crippen molar-refractivity contribution in [2.45, 2.75) is 9.77 Å². The van der Waals surface area contributed by atoms with Crippen LogP contribution in [-0.4, -0.2) is 41.9 Å². The van der Waals surface area contributed by atoms with Crippen molar-refractivity contribution in [1.82, 2.24) is 4.90 Å². The van der Waals surface area contributed by atoms with E-state index in [0.717, 1.165) is 10.6 Å². The predicted octanol–water partition coefficient (Wildman–Crippen LogP) is 1.48. The summed E-state index contributed by atoms with van der Waals surface area (Å²) in [6, 6.07) is 12.3. The Morgan fingerprint density at radius 2 is 2.08 bits per heavy atom. The normalized spacial score (nSPS) is 28.0. The van der Waals surface area contributed by atoms with Gasteiger partial charge in [0.2, 0.25) is 0 Å². The number of nitrogens with two attached hydrogens (primary N) is 1. The van der Waals surface area contributed by atoms with Gasteiger partial charge in [-0.05, 0) is 12.1 Å². The van der Waals surface area contributed by atoms with E-state index in [9.17, 15) is 10.5 Å². The van der Waals surface area contributed by atoms with Gasteiger partial charge in [0.1, 0.15) is 29.2 Å². The monoisotopic (exact) mass is 352 g/mol. The highest BCUT2D eigenvalue weighted by Gasteiger charge is 2.54. The molecule has 7 nitrogen and oxygen atoms in total. The van der Waals surface area contributed by atoms with Crippen LogP contribution >= 0.6 is 11.8 Å². The first-order valence-electron chi connectivity index (χ1n) is 7.97. The molecule has 4 rings (SSSR count). The van der Waals surface area contributed by atoms with Crippen LogP contribution in [0.25, 0.3) is 0 Å². The summed E-state index contributed by atoms with van der Waals surface area (Å²) >= 11 is 1.46. The summed E-state index contributed by atoms with van der Waals surface area (Å²) in [5.41, 5.74) is 7.34. The maximum absolute atomic E-state index is 9.98. The molecule has 2 unspecified atom stereocenters. The number of thioether (sulfide) groups is 1. The summed E-state index contributed by atoms with van der Waals surface area (Å²) in [6.07, 6.45) is 0. The maximum Gasteiger partial charge on any atom is 0.151 e. The average molecular weight is 352 g/mol. The zero-order valence-corrected chi connectivity index (χ0v) is 14.2. The Kier molecular flexibility index (Phi) is 3.79. The summed E-state index contributed by atoms with van der Waals surface area (Å²) in [5.74, 6) is 0.142. The van der Waals surface area contributed by atoms with Crippen LogP contribution in [0.2, 0.25) is 0 Å². The molecule has 1 aromatic rings. The number of anilines is 1. The molecule has 0 bridgehead atoms. The van der Waals surface area contributed by atoms with Crippen LogP contribution in [0.4, 0.5) is 5.69 Å². The first-order valence-corrected chi connectivity index (χ1v) is 8.78. The fourth-order valence-corrected chi connectivity index (χ4v) is 4.81. The third-order valence-corrected chi connectivity index (χ3v) is 6.02. The second kappa shape index (κ2) is 5.99. The second-order valence-electron chi connectivity index (χ2n) is 5.96. The molecular formula is C17H16N6OS. The Morgan fingerprint density at radius 3 is 2.76 bits per heavy atom. The highest BCUT2D eigenvalue weighted by Crippen LogP contribution is 2.54. The van der Waals surface area contributed by atoms with Crippen LogP contribution < -0.4 is 11.1 Å². The molecule has 0 radical (unpaired) electrons. The largest absolute Gasteiger partial charge is 0.383 e. The number of hydrogen-bond acceptors (Lipinski definition) is 8. The number of hydrogen-bond donors (Lipinski definition) is 2. The molecule has 3 aliphatic heterocycles. The van der Waals surface area contributed by atoms with E-state index in [2.05, 4.69) is 22.4 Å². The standard InChI is InChI=1S/C17H16N6OS/c18-9-11-15(20)21-16(23-5-7-24-8-6-23)12(10-19)17(11)22-13-3-1-2-4-14(13)25-17/h1-4,12,22H,5-8,20H2. The number of nitriles is 2. The summed E-state index contributed by atoms with van der Waals surface area (Å²) < 4.78 is 5.40. The van der Waals surface area contributed by atoms with Gasteiger partial charge in [0.05, 0.1) is 19.3 Å². The van der Waals surface area contributed by atoms with Gasteiger partial charge in [-0.25, -0.2) is 4.99 Å². The molecule has 3 heterocycles.